The van der Waals surface area contributed by atoms with Gasteiger partial charge in [0.2, 0.25) is 11.5 Å². The van der Waals surface area contributed by atoms with Gasteiger partial charge in [-0.2, -0.15) is 0 Å². The Balaban J connectivity index is 2.82. The largest absolute Gasteiger partial charge is 0.504 e. The van der Waals surface area contributed by atoms with Gasteiger partial charge in [0.25, 0.3) is 0 Å². The van der Waals surface area contributed by atoms with E-state index in [2.05, 4.69) is 0 Å². The first-order valence-corrected chi connectivity index (χ1v) is 3.64. The van der Waals surface area contributed by atoms with E-state index in [1.807, 2.05) is 0 Å². The van der Waals surface area contributed by atoms with Crippen molar-refractivity contribution in [3.05, 3.63) is 23.6 Å². The summed E-state index contributed by atoms with van der Waals surface area (Å²) in [5.41, 5.74) is 0.626. The molecule has 13 heavy (non-hydrogen) atoms. The lowest BCUT2D eigenvalue weighted by Crippen LogP contribution is -1.84. The summed E-state index contributed by atoms with van der Waals surface area (Å²) in [4.78, 5) is 0. The molecule has 67 valence electrons. The molecule has 0 fully saturated rings. The van der Waals surface area contributed by atoms with Crippen LogP contribution in [0.3, 0.4) is 0 Å². The van der Waals surface area contributed by atoms with Crippen LogP contribution < -0.4 is 0 Å². The van der Waals surface area contributed by atoms with E-state index in [4.69, 9.17) is 10.2 Å². The van der Waals surface area contributed by atoms with E-state index in [1.165, 1.54) is 12.5 Å². The van der Waals surface area contributed by atoms with Crippen LogP contribution in [0.25, 0.3) is 6.08 Å². The van der Waals surface area contributed by atoms with Gasteiger partial charge < -0.3 is 20.4 Å². The summed E-state index contributed by atoms with van der Waals surface area (Å²) in [5, 5.41) is 36.9. The fourth-order valence-electron chi connectivity index (χ4n) is 1.31. The molecule has 0 unspecified atom stereocenters. The van der Waals surface area contributed by atoms with E-state index in [1.54, 1.807) is 6.08 Å². The molecule has 0 bridgehead atoms. The predicted molar refractivity (Wildman–Crippen MR) is 45.5 cm³/mol. The van der Waals surface area contributed by atoms with E-state index >= 15 is 0 Å². The number of phenols is 4. The molecule has 0 saturated carbocycles. The van der Waals surface area contributed by atoms with Crippen molar-refractivity contribution in [3.63, 3.8) is 0 Å². The van der Waals surface area contributed by atoms with Gasteiger partial charge in [0, 0.05) is 17.5 Å². The van der Waals surface area contributed by atoms with Gasteiger partial charge in [0.05, 0.1) is 0 Å². The Labute approximate surface area is 74.0 Å². The number of benzene rings is 1. The summed E-state index contributed by atoms with van der Waals surface area (Å²) < 4.78 is 0. The maximum absolute atomic E-state index is 9.33. The van der Waals surface area contributed by atoms with Gasteiger partial charge in [0.15, 0.2) is 11.5 Å². The van der Waals surface area contributed by atoms with Gasteiger partial charge in [-0.3, -0.25) is 0 Å². The lowest BCUT2D eigenvalue weighted by atomic mass is 10.1. The van der Waals surface area contributed by atoms with Crippen LogP contribution in [0.4, 0.5) is 0 Å². The molecule has 1 aliphatic carbocycles. The molecule has 0 heterocycles. The molecule has 1 aromatic rings. The molecule has 4 heteroatoms. The van der Waals surface area contributed by atoms with Gasteiger partial charge in [0.1, 0.15) is 0 Å². The summed E-state index contributed by atoms with van der Waals surface area (Å²) in [6.07, 6.45) is 4.66. The zero-order valence-electron chi connectivity index (χ0n) is 6.52. The quantitative estimate of drug-likeness (QED) is 0.355. The van der Waals surface area contributed by atoms with Crippen molar-refractivity contribution >= 4 is 6.08 Å². The van der Waals surface area contributed by atoms with Crippen LogP contribution in [0.5, 0.6) is 23.0 Å². The SMILES string of the molecule is Oc1c(O)c(O)c2c(c1O)[CH]C=C2. The zero-order chi connectivity index (χ0) is 9.59. The first-order valence-electron chi connectivity index (χ1n) is 3.64. The highest BCUT2D eigenvalue weighted by Gasteiger charge is 2.23. The summed E-state index contributed by atoms with van der Waals surface area (Å²) in [6.45, 7) is 0. The van der Waals surface area contributed by atoms with Crippen molar-refractivity contribution in [2.75, 3.05) is 0 Å². The minimum absolute atomic E-state index is 0.313. The minimum Gasteiger partial charge on any atom is -0.504 e. The molecule has 2 rings (SSSR count). The standard InChI is InChI=1S/C9H7O4/c10-6-4-2-1-3-5(4)7(11)9(13)8(6)12/h1-3,10-13H. The summed E-state index contributed by atoms with van der Waals surface area (Å²) in [5.74, 6) is -2.24. The Hall–Kier alpha value is -1.84. The van der Waals surface area contributed by atoms with E-state index < -0.39 is 23.0 Å². The highest BCUT2D eigenvalue weighted by atomic mass is 16.3. The third-order valence-electron chi connectivity index (χ3n) is 2.00. The monoisotopic (exact) mass is 179 g/mol. The minimum atomic E-state index is -0.698. The second-order valence-electron chi connectivity index (χ2n) is 2.75. The molecule has 0 spiro atoms. The lowest BCUT2D eigenvalue weighted by molar-refractivity contribution is 0.344. The van der Waals surface area contributed by atoms with Crippen LogP contribution in [-0.2, 0) is 0 Å². The molecule has 4 nitrogen and oxygen atoms in total. The summed E-state index contributed by atoms with van der Waals surface area (Å²) >= 11 is 0. The van der Waals surface area contributed by atoms with Gasteiger partial charge in [-0.15, -0.1) is 0 Å². The second kappa shape index (κ2) is 2.32. The van der Waals surface area contributed by atoms with Crippen LogP contribution >= 0.6 is 0 Å². The maximum Gasteiger partial charge on any atom is 0.204 e. The Morgan fingerprint density at radius 2 is 1.23 bits per heavy atom. The average molecular weight is 179 g/mol. The Morgan fingerprint density at radius 1 is 0.692 bits per heavy atom. The number of hydrogen-bond acceptors (Lipinski definition) is 4. The fourth-order valence-corrected chi connectivity index (χ4v) is 1.31. The fraction of sp³-hybridized carbons (Fsp3) is 0. The van der Waals surface area contributed by atoms with Crippen LogP contribution in [0.1, 0.15) is 11.1 Å². The Kier molecular flexibility index (Phi) is 1.39. The summed E-state index contributed by atoms with van der Waals surface area (Å²) in [6, 6.07) is 0. The molecule has 0 aliphatic heterocycles. The van der Waals surface area contributed by atoms with Crippen molar-refractivity contribution in [2.45, 2.75) is 0 Å². The van der Waals surface area contributed by atoms with E-state index in [0.29, 0.717) is 11.1 Å². The molecule has 0 aromatic heterocycles. The Bertz CT molecular complexity index is 407. The van der Waals surface area contributed by atoms with E-state index in [-0.39, 0.29) is 0 Å². The van der Waals surface area contributed by atoms with Crippen molar-refractivity contribution < 1.29 is 20.4 Å². The van der Waals surface area contributed by atoms with Crippen LogP contribution in [-0.4, -0.2) is 20.4 Å². The molecule has 0 atom stereocenters. The van der Waals surface area contributed by atoms with Crippen molar-refractivity contribution in [1.29, 1.82) is 0 Å². The van der Waals surface area contributed by atoms with Crippen LogP contribution in [0.2, 0.25) is 0 Å². The van der Waals surface area contributed by atoms with Gasteiger partial charge in [-0.25, -0.2) is 0 Å². The molecule has 1 aromatic carbocycles. The summed E-state index contributed by atoms with van der Waals surface area (Å²) in [7, 11) is 0. The molecule has 0 amide bonds. The smallest absolute Gasteiger partial charge is 0.204 e. The molecular formula is C9H7O4. The molecule has 1 aliphatic rings. The first kappa shape index (κ1) is 7.79. The normalized spacial score (nSPS) is 13.2. The number of fused-ring (bicyclic) bond motifs is 1. The van der Waals surface area contributed by atoms with E-state index in [0.717, 1.165) is 0 Å². The third kappa shape index (κ3) is 0.853. The van der Waals surface area contributed by atoms with Crippen molar-refractivity contribution in [2.24, 2.45) is 0 Å². The van der Waals surface area contributed by atoms with Crippen molar-refractivity contribution in [1.82, 2.24) is 0 Å². The molecular weight excluding hydrogens is 172 g/mol. The highest BCUT2D eigenvalue weighted by molar-refractivity contribution is 5.79. The van der Waals surface area contributed by atoms with Crippen molar-refractivity contribution in [3.8, 4) is 23.0 Å². The lowest BCUT2D eigenvalue weighted by Gasteiger charge is -2.09. The van der Waals surface area contributed by atoms with Gasteiger partial charge in [-0.05, 0) is 0 Å². The number of aromatic hydroxyl groups is 4. The number of allylic oxidation sites excluding steroid dienone is 1. The van der Waals surface area contributed by atoms with Gasteiger partial charge >= 0.3 is 0 Å². The van der Waals surface area contributed by atoms with E-state index in [9.17, 15) is 10.2 Å². The molecule has 0 saturated heterocycles. The van der Waals surface area contributed by atoms with Crippen LogP contribution in [0, 0.1) is 6.42 Å². The van der Waals surface area contributed by atoms with Crippen LogP contribution in [0.15, 0.2) is 6.08 Å². The second-order valence-corrected chi connectivity index (χ2v) is 2.75. The first-order chi connectivity index (χ1) is 6.13. The highest BCUT2D eigenvalue weighted by Crippen LogP contribution is 2.49. The zero-order valence-corrected chi connectivity index (χ0v) is 6.52. The number of rotatable bonds is 0. The third-order valence-corrected chi connectivity index (χ3v) is 2.00. The maximum atomic E-state index is 9.33. The van der Waals surface area contributed by atoms with Gasteiger partial charge in [-0.1, -0.05) is 12.2 Å². The number of hydrogen-bond donors (Lipinski definition) is 4. The Morgan fingerprint density at radius 3 is 1.85 bits per heavy atom. The molecule has 4 N–H and O–H groups in total. The predicted octanol–water partition coefficient (Wildman–Crippen LogP) is 1.09. The number of phenolic OH excluding ortho intramolecular Hbond substituents is 4. The molecule has 1 radical (unpaired) electrons. The average Bonchev–Trinajstić information content (AvgIpc) is 2.59. The topological polar surface area (TPSA) is 80.9 Å².